The van der Waals surface area contributed by atoms with Gasteiger partial charge < -0.3 is 14.7 Å². The Morgan fingerprint density at radius 1 is 1.25 bits per heavy atom. The quantitative estimate of drug-likeness (QED) is 0.830. The van der Waals surface area contributed by atoms with Gasteiger partial charge in [-0.05, 0) is 45.4 Å². The van der Waals surface area contributed by atoms with Crippen molar-refractivity contribution in [3.8, 4) is 5.75 Å². The predicted octanol–water partition coefficient (Wildman–Crippen LogP) is 3.40. The van der Waals surface area contributed by atoms with E-state index in [1.165, 1.54) is 0 Å². The fourth-order valence-corrected chi connectivity index (χ4v) is 2.53. The molecule has 0 spiro atoms. The van der Waals surface area contributed by atoms with Crippen LogP contribution >= 0.6 is 0 Å². The van der Waals surface area contributed by atoms with Crippen LogP contribution in [-0.2, 0) is 0 Å². The second-order valence-electron chi connectivity index (χ2n) is 6.18. The van der Waals surface area contributed by atoms with Crippen LogP contribution in [-0.4, -0.2) is 36.8 Å². The third-order valence-electron chi connectivity index (χ3n) is 3.77. The fraction of sp³-hybridized carbons (Fsp3) is 0.647. The smallest absolute Gasteiger partial charge is 0.124 e. The van der Waals surface area contributed by atoms with Crippen LogP contribution in [0, 0.1) is 12.8 Å². The maximum absolute atomic E-state index is 10.5. The Balaban J connectivity index is 2.75. The van der Waals surface area contributed by atoms with E-state index in [9.17, 15) is 5.11 Å². The third-order valence-corrected chi connectivity index (χ3v) is 3.77. The molecule has 0 radical (unpaired) electrons. The van der Waals surface area contributed by atoms with Crippen molar-refractivity contribution >= 4 is 0 Å². The highest BCUT2D eigenvalue weighted by molar-refractivity contribution is 5.38. The number of methoxy groups -OCH3 is 1. The first kappa shape index (κ1) is 17.0. The van der Waals surface area contributed by atoms with Crippen molar-refractivity contribution in [3.05, 3.63) is 29.3 Å². The first-order valence-electron chi connectivity index (χ1n) is 7.38. The number of hydrogen-bond donors (Lipinski definition) is 1. The summed E-state index contributed by atoms with van der Waals surface area (Å²) >= 11 is 0. The van der Waals surface area contributed by atoms with Crippen molar-refractivity contribution in [3.63, 3.8) is 0 Å². The van der Waals surface area contributed by atoms with Gasteiger partial charge in [-0.3, -0.25) is 0 Å². The van der Waals surface area contributed by atoms with Gasteiger partial charge in [-0.15, -0.1) is 0 Å². The molecule has 0 fully saturated rings. The Hall–Kier alpha value is -1.06. The molecule has 0 aliphatic carbocycles. The molecule has 114 valence electrons. The molecule has 1 aromatic carbocycles. The number of benzene rings is 1. The molecule has 0 saturated carbocycles. The van der Waals surface area contributed by atoms with Gasteiger partial charge in [0.1, 0.15) is 5.75 Å². The summed E-state index contributed by atoms with van der Waals surface area (Å²) in [6, 6.07) is 6.39. The Kier molecular flexibility index (Phi) is 6.50. The largest absolute Gasteiger partial charge is 0.496 e. The van der Waals surface area contributed by atoms with Gasteiger partial charge in [-0.2, -0.15) is 0 Å². The van der Waals surface area contributed by atoms with E-state index < -0.39 is 6.10 Å². The summed E-state index contributed by atoms with van der Waals surface area (Å²) in [6.07, 6.45) is 0.609. The second-order valence-corrected chi connectivity index (χ2v) is 6.18. The van der Waals surface area contributed by atoms with Crippen molar-refractivity contribution in [1.29, 1.82) is 0 Å². The van der Waals surface area contributed by atoms with Gasteiger partial charge in [-0.25, -0.2) is 0 Å². The third kappa shape index (κ3) is 4.80. The lowest BCUT2D eigenvalue weighted by molar-refractivity contribution is 0.100. The van der Waals surface area contributed by atoms with Crippen LogP contribution in [0.1, 0.15) is 44.4 Å². The number of aryl methyl sites for hydroxylation is 1. The maximum atomic E-state index is 10.5. The first-order chi connectivity index (χ1) is 9.35. The molecule has 1 aromatic rings. The van der Waals surface area contributed by atoms with Gasteiger partial charge in [0.15, 0.2) is 0 Å². The standard InChI is InChI=1S/C17H29NO2/c1-12(2)9-14(4)18(5)11-16(19)15-10-13(3)7-8-17(15)20-6/h7-8,10,12,14,16,19H,9,11H2,1-6H3. The molecule has 1 N–H and O–H groups in total. The van der Waals surface area contributed by atoms with E-state index >= 15 is 0 Å². The van der Waals surface area contributed by atoms with Crippen molar-refractivity contribution in [2.75, 3.05) is 20.7 Å². The molecule has 0 aromatic heterocycles. The lowest BCUT2D eigenvalue weighted by Gasteiger charge is -2.28. The molecule has 2 unspecified atom stereocenters. The molecule has 1 rings (SSSR count). The number of hydrogen-bond acceptors (Lipinski definition) is 3. The van der Waals surface area contributed by atoms with E-state index in [1.807, 2.05) is 25.1 Å². The zero-order chi connectivity index (χ0) is 15.3. The SMILES string of the molecule is COc1ccc(C)cc1C(O)CN(C)C(C)CC(C)C. The minimum Gasteiger partial charge on any atom is -0.496 e. The van der Waals surface area contributed by atoms with Crippen LogP contribution in [0.4, 0.5) is 0 Å². The number of likely N-dealkylation sites (N-methyl/N-ethyl adjacent to an activating group) is 1. The molecule has 0 saturated heterocycles. The zero-order valence-corrected chi connectivity index (χ0v) is 13.7. The highest BCUT2D eigenvalue weighted by Crippen LogP contribution is 2.27. The zero-order valence-electron chi connectivity index (χ0n) is 13.7. The van der Waals surface area contributed by atoms with Gasteiger partial charge in [-0.1, -0.05) is 25.5 Å². The molecule has 0 bridgehead atoms. The van der Waals surface area contributed by atoms with Crippen molar-refractivity contribution in [2.24, 2.45) is 5.92 Å². The van der Waals surface area contributed by atoms with Gasteiger partial charge >= 0.3 is 0 Å². The van der Waals surface area contributed by atoms with Crippen LogP contribution in [0.5, 0.6) is 5.75 Å². The van der Waals surface area contributed by atoms with E-state index in [-0.39, 0.29) is 0 Å². The topological polar surface area (TPSA) is 32.7 Å². The van der Waals surface area contributed by atoms with E-state index in [0.717, 1.165) is 23.3 Å². The summed E-state index contributed by atoms with van der Waals surface area (Å²) in [5.74, 6) is 1.42. The number of ether oxygens (including phenoxy) is 1. The van der Waals surface area contributed by atoms with Crippen LogP contribution in [0.3, 0.4) is 0 Å². The van der Waals surface area contributed by atoms with E-state index in [1.54, 1.807) is 7.11 Å². The number of aliphatic hydroxyl groups is 1. The summed E-state index contributed by atoms with van der Waals surface area (Å²) in [5.41, 5.74) is 2.01. The van der Waals surface area contributed by atoms with Gasteiger partial charge in [0.2, 0.25) is 0 Å². The molecule has 20 heavy (non-hydrogen) atoms. The molecule has 3 heteroatoms. The molecule has 0 aliphatic rings. The molecule has 2 atom stereocenters. The fourth-order valence-electron chi connectivity index (χ4n) is 2.53. The lowest BCUT2D eigenvalue weighted by Crippen LogP contribution is -2.34. The molecule has 3 nitrogen and oxygen atoms in total. The predicted molar refractivity (Wildman–Crippen MR) is 84.2 cm³/mol. The van der Waals surface area contributed by atoms with Gasteiger partial charge in [0.05, 0.1) is 13.2 Å². The van der Waals surface area contributed by atoms with Crippen LogP contribution in [0.2, 0.25) is 0 Å². The number of aliphatic hydroxyl groups excluding tert-OH is 1. The maximum Gasteiger partial charge on any atom is 0.124 e. The summed E-state index contributed by atoms with van der Waals surface area (Å²) in [6.45, 7) is 9.31. The summed E-state index contributed by atoms with van der Waals surface area (Å²) < 4.78 is 5.35. The van der Waals surface area contributed by atoms with E-state index in [0.29, 0.717) is 18.5 Å². The Morgan fingerprint density at radius 3 is 2.45 bits per heavy atom. The molecule has 0 amide bonds. The molecule has 0 aliphatic heterocycles. The summed E-state index contributed by atoms with van der Waals surface area (Å²) in [7, 11) is 3.71. The lowest BCUT2D eigenvalue weighted by atomic mass is 10.0. The first-order valence-corrected chi connectivity index (χ1v) is 7.38. The monoisotopic (exact) mass is 279 g/mol. The van der Waals surface area contributed by atoms with Crippen molar-refractivity contribution in [2.45, 2.75) is 46.3 Å². The average Bonchev–Trinajstić information content (AvgIpc) is 2.37. The normalized spacial score (nSPS) is 14.7. The summed E-state index contributed by atoms with van der Waals surface area (Å²) in [5, 5.41) is 10.5. The van der Waals surface area contributed by atoms with E-state index in [2.05, 4.69) is 32.7 Å². The Morgan fingerprint density at radius 2 is 1.90 bits per heavy atom. The van der Waals surface area contributed by atoms with Crippen molar-refractivity contribution < 1.29 is 9.84 Å². The van der Waals surface area contributed by atoms with E-state index in [4.69, 9.17) is 4.74 Å². The van der Waals surface area contributed by atoms with Crippen LogP contribution in [0.25, 0.3) is 0 Å². The number of rotatable bonds is 7. The molecular weight excluding hydrogens is 250 g/mol. The second kappa shape index (κ2) is 7.65. The minimum absolute atomic E-state index is 0.459. The summed E-state index contributed by atoms with van der Waals surface area (Å²) in [4.78, 5) is 2.21. The molecular formula is C17H29NO2. The Labute approximate surface area is 123 Å². The van der Waals surface area contributed by atoms with Gasteiger partial charge in [0, 0.05) is 18.2 Å². The highest BCUT2D eigenvalue weighted by Gasteiger charge is 2.19. The van der Waals surface area contributed by atoms with Crippen LogP contribution in [0.15, 0.2) is 18.2 Å². The van der Waals surface area contributed by atoms with Gasteiger partial charge in [0.25, 0.3) is 0 Å². The number of nitrogens with zero attached hydrogens (tertiary/aromatic N) is 1. The minimum atomic E-state index is -0.524. The van der Waals surface area contributed by atoms with Crippen LogP contribution < -0.4 is 4.74 Å². The highest BCUT2D eigenvalue weighted by atomic mass is 16.5. The average molecular weight is 279 g/mol. The van der Waals surface area contributed by atoms with Crippen molar-refractivity contribution in [1.82, 2.24) is 4.90 Å². The Bertz CT molecular complexity index is 417. The molecule has 0 heterocycles.